The standard InChI is InChI=1S/C12H14O/c1-8(2)10-4-5-11-6-9(3)13-12(11)7-10/h4-8H,1-3H3. The summed E-state index contributed by atoms with van der Waals surface area (Å²) in [7, 11) is 0. The number of hydrogen-bond acceptors (Lipinski definition) is 1. The van der Waals surface area contributed by atoms with Crippen molar-refractivity contribution in [2.24, 2.45) is 0 Å². The molecule has 2 aromatic rings. The summed E-state index contributed by atoms with van der Waals surface area (Å²) in [5.74, 6) is 1.55. The molecule has 1 aromatic heterocycles. The van der Waals surface area contributed by atoms with E-state index in [0.717, 1.165) is 11.3 Å². The van der Waals surface area contributed by atoms with Crippen molar-refractivity contribution < 1.29 is 4.42 Å². The van der Waals surface area contributed by atoms with Crippen molar-refractivity contribution in [3.8, 4) is 0 Å². The number of furan rings is 1. The van der Waals surface area contributed by atoms with Crippen molar-refractivity contribution in [2.45, 2.75) is 26.7 Å². The van der Waals surface area contributed by atoms with E-state index in [1.54, 1.807) is 0 Å². The molecule has 1 nitrogen and oxygen atoms in total. The number of fused-ring (bicyclic) bond motifs is 1. The van der Waals surface area contributed by atoms with Gasteiger partial charge in [-0.15, -0.1) is 0 Å². The molecule has 0 fully saturated rings. The first-order valence-electron chi connectivity index (χ1n) is 4.67. The molecule has 1 heterocycles. The minimum absolute atomic E-state index is 0.565. The third-order valence-electron chi connectivity index (χ3n) is 2.33. The van der Waals surface area contributed by atoms with Gasteiger partial charge in [0.05, 0.1) is 0 Å². The Labute approximate surface area is 78.4 Å². The Morgan fingerprint density at radius 2 is 1.92 bits per heavy atom. The molecule has 0 spiro atoms. The molecule has 0 saturated heterocycles. The summed E-state index contributed by atoms with van der Waals surface area (Å²) in [6.45, 7) is 6.36. The van der Waals surface area contributed by atoms with Crippen molar-refractivity contribution >= 4 is 11.0 Å². The van der Waals surface area contributed by atoms with Gasteiger partial charge >= 0.3 is 0 Å². The molecule has 0 radical (unpaired) electrons. The lowest BCUT2D eigenvalue weighted by Crippen LogP contribution is -1.84. The molecule has 1 aromatic carbocycles. The molecule has 0 bridgehead atoms. The van der Waals surface area contributed by atoms with Gasteiger partial charge in [0.1, 0.15) is 11.3 Å². The van der Waals surface area contributed by atoms with Crippen LogP contribution in [0.4, 0.5) is 0 Å². The number of hydrogen-bond donors (Lipinski definition) is 0. The Hall–Kier alpha value is -1.24. The van der Waals surface area contributed by atoms with Gasteiger partial charge in [0.2, 0.25) is 0 Å². The summed E-state index contributed by atoms with van der Waals surface area (Å²) >= 11 is 0. The largest absolute Gasteiger partial charge is 0.461 e. The van der Waals surface area contributed by atoms with E-state index >= 15 is 0 Å². The number of rotatable bonds is 1. The molecule has 0 N–H and O–H groups in total. The van der Waals surface area contributed by atoms with Crippen LogP contribution in [0.3, 0.4) is 0 Å². The second kappa shape index (κ2) is 2.91. The first-order valence-corrected chi connectivity index (χ1v) is 4.67. The maximum atomic E-state index is 5.56. The summed E-state index contributed by atoms with van der Waals surface area (Å²) in [6, 6.07) is 8.50. The van der Waals surface area contributed by atoms with Crippen LogP contribution in [0.15, 0.2) is 28.7 Å². The fourth-order valence-electron chi connectivity index (χ4n) is 1.54. The van der Waals surface area contributed by atoms with Crippen LogP contribution >= 0.6 is 0 Å². The zero-order valence-corrected chi connectivity index (χ0v) is 8.29. The minimum atomic E-state index is 0.565. The van der Waals surface area contributed by atoms with Gasteiger partial charge in [0, 0.05) is 5.39 Å². The van der Waals surface area contributed by atoms with Gasteiger partial charge in [-0.3, -0.25) is 0 Å². The average molecular weight is 174 g/mol. The fourth-order valence-corrected chi connectivity index (χ4v) is 1.54. The Bertz CT molecular complexity index is 424. The van der Waals surface area contributed by atoms with Crippen LogP contribution in [0.5, 0.6) is 0 Å². The van der Waals surface area contributed by atoms with E-state index in [2.05, 4.69) is 38.1 Å². The highest BCUT2D eigenvalue weighted by molar-refractivity contribution is 5.78. The second-order valence-electron chi connectivity index (χ2n) is 3.81. The molecular weight excluding hydrogens is 160 g/mol. The number of aryl methyl sites for hydroxylation is 1. The van der Waals surface area contributed by atoms with Crippen LogP contribution in [0, 0.1) is 6.92 Å². The average Bonchev–Trinajstić information content (AvgIpc) is 2.42. The van der Waals surface area contributed by atoms with Gasteiger partial charge in [-0.25, -0.2) is 0 Å². The van der Waals surface area contributed by atoms with Crippen molar-refractivity contribution in [2.75, 3.05) is 0 Å². The maximum Gasteiger partial charge on any atom is 0.134 e. The third-order valence-corrected chi connectivity index (χ3v) is 2.33. The zero-order valence-electron chi connectivity index (χ0n) is 8.29. The SMILES string of the molecule is Cc1cc2ccc(C(C)C)cc2o1. The highest BCUT2D eigenvalue weighted by atomic mass is 16.3. The van der Waals surface area contributed by atoms with E-state index in [9.17, 15) is 0 Å². The molecular formula is C12H14O. The smallest absolute Gasteiger partial charge is 0.134 e. The topological polar surface area (TPSA) is 13.1 Å². The second-order valence-corrected chi connectivity index (χ2v) is 3.81. The number of benzene rings is 1. The van der Waals surface area contributed by atoms with E-state index in [0.29, 0.717) is 5.92 Å². The van der Waals surface area contributed by atoms with E-state index < -0.39 is 0 Å². The van der Waals surface area contributed by atoms with E-state index in [4.69, 9.17) is 4.42 Å². The Morgan fingerprint density at radius 1 is 1.15 bits per heavy atom. The molecule has 0 amide bonds. The maximum absolute atomic E-state index is 5.56. The van der Waals surface area contributed by atoms with Crippen LogP contribution < -0.4 is 0 Å². The van der Waals surface area contributed by atoms with Crippen LogP contribution in [-0.2, 0) is 0 Å². The highest BCUT2D eigenvalue weighted by Crippen LogP contribution is 2.23. The lowest BCUT2D eigenvalue weighted by atomic mass is 10.0. The molecule has 68 valence electrons. The van der Waals surface area contributed by atoms with Crippen molar-refractivity contribution in [1.29, 1.82) is 0 Å². The molecule has 0 aliphatic rings. The Morgan fingerprint density at radius 3 is 2.62 bits per heavy atom. The molecule has 0 unspecified atom stereocenters. The van der Waals surface area contributed by atoms with E-state index in [1.807, 2.05) is 6.92 Å². The van der Waals surface area contributed by atoms with Crippen LogP contribution in [-0.4, -0.2) is 0 Å². The van der Waals surface area contributed by atoms with E-state index in [1.165, 1.54) is 10.9 Å². The molecule has 0 aliphatic carbocycles. The van der Waals surface area contributed by atoms with Crippen molar-refractivity contribution in [3.05, 3.63) is 35.6 Å². The zero-order chi connectivity index (χ0) is 9.42. The summed E-state index contributed by atoms with van der Waals surface area (Å²) < 4.78 is 5.56. The molecule has 0 saturated carbocycles. The predicted octanol–water partition coefficient (Wildman–Crippen LogP) is 3.86. The van der Waals surface area contributed by atoms with Crippen LogP contribution in [0.1, 0.15) is 31.1 Å². The summed E-state index contributed by atoms with van der Waals surface area (Å²) in [4.78, 5) is 0. The van der Waals surface area contributed by atoms with Gasteiger partial charge in [-0.1, -0.05) is 26.0 Å². The predicted molar refractivity (Wildman–Crippen MR) is 55.0 cm³/mol. The molecule has 0 atom stereocenters. The molecule has 2 rings (SSSR count). The molecule has 0 aliphatic heterocycles. The summed E-state index contributed by atoms with van der Waals surface area (Å²) in [5.41, 5.74) is 2.34. The normalized spacial score (nSPS) is 11.4. The van der Waals surface area contributed by atoms with Gasteiger partial charge in [0.25, 0.3) is 0 Å². The van der Waals surface area contributed by atoms with Gasteiger partial charge in [-0.05, 0) is 30.5 Å². The molecule has 1 heteroatoms. The first-order chi connectivity index (χ1) is 6.16. The molecule has 13 heavy (non-hydrogen) atoms. The highest BCUT2D eigenvalue weighted by Gasteiger charge is 2.03. The van der Waals surface area contributed by atoms with Gasteiger partial charge in [-0.2, -0.15) is 0 Å². The lowest BCUT2D eigenvalue weighted by Gasteiger charge is -2.03. The van der Waals surface area contributed by atoms with Gasteiger partial charge in [0.15, 0.2) is 0 Å². The third kappa shape index (κ3) is 1.46. The van der Waals surface area contributed by atoms with E-state index in [-0.39, 0.29) is 0 Å². The van der Waals surface area contributed by atoms with Crippen LogP contribution in [0.25, 0.3) is 11.0 Å². The lowest BCUT2D eigenvalue weighted by molar-refractivity contribution is 0.578. The van der Waals surface area contributed by atoms with Gasteiger partial charge < -0.3 is 4.42 Å². The summed E-state index contributed by atoms with van der Waals surface area (Å²) in [5, 5.41) is 1.20. The Kier molecular flexibility index (Phi) is 1.87. The monoisotopic (exact) mass is 174 g/mol. The Balaban J connectivity index is 2.61. The minimum Gasteiger partial charge on any atom is -0.461 e. The van der Waals surface area contributed by atoms with Crippen molar-refractivity contribution in [3.63, 3.8) is 0 Å². The summed E-state index contributed by atoms with van der Waals surface area (Å²) in [6.07, 6.45) is 0. The first kappa shape index (κ1) is 8.36. The fraction of sp³-hybridized carbons (Fsp3) is 0.333. The van der Waals surface area contributed by atoms with Crippen LogP contribution in [0.2, 0.25) is 0 Å². The van der Waals surface area contributed by atoms with Crippen molar-refractivity contribution in [1.82, 2.24) is 0 Å². The quantitative estimate of drug-likeness (QED) is 0.639.